The lowest BCUT2D eigenvalue weighted by atomic mass is 10.1. The summed E-state index contributed by atoms with van der Waals surface area (Å²) in [5, 5.41) is 5.91. The third-order valence-electron chi connectivity index (χ3n) is 3.05. The van der Waals surface area contributed by atoms with Crippen LogP contribution in [0.25, 0.3) is 0 Å². The lowest BCUT2D eigenvalue weighted by molar-refractivity contribution is -0.115. The van der Waals surface area contributed by atoms with Gasteiger partial charge in [0.05, 0.1) is 6.54 Å². The molecule has 0 radical (unpaired) electrons. The van der Waals surface area contributed by atoms with Crippen LogP contribution in [-0.4, -0.2) is 12.5 Å². The number of hydrogen-bond donors (Lipinski definition) is 2. The number of carbonyl (C=O) groups is 1. The van der Waals surface area contributed by atoms with Crippen molar-refractivity contribution in [3.8, 4) is 0 Å². The highest BCUT2D eigenvalue weighted by Gasteiger charge is 2.08. The number of nitrogens with one attached hydrogen (secondary N) is 2. The van der Waals surface area contributed by atoms with Crippen LogP contribution in [0.15, 0.2) is 53.0 Å². The molecule has 0 aliphatic carbocycles. The first-order valence-corrected chi connectivity index (χ1v) is 7.38. The maximum absolute atomic E-state index is 12.9. The molecule has 0 heterocycles. The Morgan fingerprint density at radius 2 is 1.95 bits per heavy atom. The van der Waals surface area contributed by atoms with Gasteiger partial charge in [0.15, 0.2) is 0 Å². The van der Waals surface area contributed by atoms with Gasteiger partial charge in [-0.25, -0.2) is 4.39 Å². The fourth-order valence-electron chi connectivity index (χ4n) is 1.89. The largest absolute Gasteiger partial charge is 0.325 e. The molecule has 0 saturated carbocycles. The number of anilines is 1. The van der Waals surface area contributed by atoms with Crippen LogP contribution < -0.4 is 10.6 Å². The van der Waals surface area contributed by atoms with E-state index in [4.69, 9.17) is 0 Å². The number of carbonyl (C=O) groups excluding carboxylic acids is 1. The Hall–Kier alpha value is -1.72. The summed E-state index contributed by atoms with van der Waals surface area (Å²) in [4.78, 5) is 11.9. The molecule has 0 fully saturated rings. The van der Waals surface area contributed by atoms with Gasteiger partial charge in [0, 0.05) is 16.2 Å². The molecule has 0 aliphatic rings. The molecular weight excluding hydrogens is 335 g/mol. The van der Waals surface area contributed by atoms with Gasteiger partial charge in [-0.15, -0.1) is 0 Å². The van der Waals surface area contributed by atoms with Crippen LogP contribution in [0, 0.1) is 5.82 Å². The summed E-state index contributed by atoms with van der Waals surface area (Å²) in [6.45, 7) is 2.12. The minimum absolute atomic E-state index is 0.0288. The molecule has 110 valence electrons. The number of hydrogen-bond acceptors (Lipinski definition) is 2. The van der Waals surface area contributed by atoms with Crippen LogP contribution in [-0.2, 0) is 4.79 Å². The second-order valence-electron chi connectivity index (χ2n) is 4.71. The quantitative estimate of drug-likeness (QED) is 0.859. The number of halogens is 2. The average Bonchev–Trinajstić information content (AvgIpc) is 2.45. The smallest absolute Gasteiger partial charge is 0.238 e. The van der Waals surface area contributed by atoms with E-state index in [2.05, 4.69) is 26.6 Å². The third kappa shape index (κ3) is 4.95. The van der Waals surface area contributed by atoms with E-state index in [1.807, 2.05) is 31.2 Å². The molecule has 0 aromatic heterocycles. The zero-order valence-electron chi connectivity index (χ0n) is 11.6. The van der Waals surface area contributed by atoms with E-state index in [1.165, 1.54) is 12.1 Å². The van der Waals surface area contributed by atoms with Crippen LogP contribution >= 0.6 is 15.9 Å². The second-order valence-corrected chi connectivity index (χ2v) is 5.63. The second kappa shape index (κ2) is 7.33. The van der Waals surface area contributed by atoms with Crippen molar-refractivity contribution >= 4 is 27.5 Å². The van der Waals surface area contributed by atoms with E-state index < -0.39 is 0 Å². The molecule has 1 amide bonds. The molecule has 2 N–H and O–H groups in total. The van der Waals surface area contributed by atoms with Crippen molar-refractivity contribution in [2.75, 3.05) is 11.9 Å². The molecule has 21 heavy (non-hydrogen) atoms. The van der Waals surface area contributed by atoms with Gasteiger partial charge in [-0.3, -0.25) is 4.79 Å². The zero-order chi connectivity index (χ0) is 15.2. The minimum atomic E-state index is -0.265. The maximum atomic E-state index is 12.9. The Morgan fingerprint density at radius 3 is 2.62 bits per heavy atom. The Labute approximate surface area is 131 Å². The van der Waals surface area contributed by atoms with Crippen LogP contribution in [0.4, 0.5) is 10.1 Å². The van der Waals surface area contributed by atoms with E-state index in [-0.39, 0.29) is 24.3 Å². The SMILES string of the molecule is C[C@H](NCC(=O)Nc1cccc(Br)c1)c1ccc(F)cc1. The van der Waals surface area contributed by atoms with Gasteiger partial charge in [0.25, 0.3) is 0 Å². The minimum Gasteiger partial charge on any atom is -0.325 e. The fourth-order valence-corrected chi connectivity index (χ4v) is 2.29. The molecule has 2 rings (SSSR count). The Bertz CT molecular complexity index is 616. The molecule has 0 aliphatic heterocycles. The zero-order valence-corrected chi connectivity index (χ0v) is 13.2. The Balaban J connectivity index is 1.84. The Kier molecular flexibility index (Phi) is 5.47. The molecule has 0 unspecified atom stereocenters. The van der Waals surface area contributed by atoms with Crippen LogP contribution in [0.1, 0.15) is 18.5 Å². The summed E-state index contributed by atoms with van der Waals surface area (Å²) in [7, 11) is 0. The molecular formula is C16H16BrFN2O. The molecule has 0 bridgehead atoms. The van der Waals surface area contributed by atoms with E-state index >= 15 is 0 Å². The lowest BCUT2D eigenvalue weighted by Gasteiger charge is -2.14. The highest BCUT2D eigenvalue weighted by Crippen LogP contribution is 2.16. The number of amides is 1. The van der Waals surface area contributed by atoms with Crippen molar-refractivity contribution in [2.24, 2.45) is 0 Å². The standard InChI is InChI=1S/C16H16BrFN2O/c1-11(12-5-7-14(18)8-6-12)19-10-16(21)20-15-4-2-3-13(17)9-15/h2-9,11,19H,10H2,1H3,(H,20,21)/t11-/m0/s1. The van der Waals surface area contributed by atoms with E-state index in [0.717, 1.165) is 15.7 Å². The third-order valence-corrected chi connectivity index (χ3v) is 3.54. The lowest BCUT2D eigenvalue weighted by Crippen LogP contribution is -2.30. The van der Waals surface area contributed by atoms with Gasteiger partial charge < -0.3 is 10.6 Å². The Morgan fingerprint density at radius 1 is 1.24 bits per heavy atom. The van der Waals surface area contributed by atoms with E-state index in [0.29, 0.717) is 0 Å². The first-order chi connectivity index (χ1) is 10.0. The van der Waals surface area contributed by atoms with Gasteiger partial charge in [-0.2, -0.15) is 0 Å². The molecule has 0 saturated heterocycles. The van der Waals surface area contributed by atoms with Crippen molar-refractivity contribution in [3.63, 3.8) is 0 Å². The predicted molar refractivity (Wildman–Crippen MR) is 85.6 cm³/mol. The predicted octanol–water partition coefficient (Wildman–Crippen LogP) is 3.88. The molecule has 3 nitrogen and oxygen atoms in total. The van der Waals surface area contributed by atoms with Gasteiger partial charge >= 0.3 is 0 Å². The van der Waals surface area contributed by atoms with Crippen molar-refractivity contribution in [1.82, 2.24) is 5.32 Å². The summed E-state index contributed by atoms with van der Waals surface area (Å²) in [6.07, 6.45) is 0. The van der Waals surface area contributed by atoms with Crippen molar-refractivity contribution in [1.29, 1.82) is 0 Å². The molecule has 0 spiro atoms. The number of benzene rings is 2. The van der Waals surface area contributed by atoms with E-state index in [9.17, 15) is 9.18 Å². The summed E-state index contributed by atoms with van der Waals surface area (Å²) in [6, 6.07) is 13.6. The van der Waals surface area contributed by atoms with Crippen molar-refractivity contribution in [2.45, 2.75) is 13.0 Å². The highest BCUT2D eigenvalue weighted by atomic mass is 79.9. The normalized spacial score (nSPS) is 12.0. The van der Waals surface area contributed by atoms with Crippen molar-refractivity contribution in [3.05, 3.63) is 64.4 Å². The van der Waals surface area contributed by atoms with Gasteiger partial charge in [0.1, 0.15) is 5.82 Å². The summed E-state index contributed by atoms with van der Waals surface area (Å²) >= 11 is 3.35. The summed E-state index contributed by atoms with van der Waals surface area (Å²) in [5.74, 6) is -0.389. The van der Waals surface area contributed by atoms with Crippen LogP contribution in [0.5, 0.6) is 0 Å². The summed E-state index contributed by atoms with van der Waals surface area (Å²) in [5.41, 5.74) is 1.68. The van der Waals surface area contributed by atoms with Gasteiger partial charge in [-0.05, 0) is 42.8 Å². The number of rotatable bonds is 5. The first-order valence-electron chi connectivity index (χ1n) is 6.59. The maximum Gasteiger partial charge on any atom is 0.238 e. The van der Waals surface area contributed by atoms with Gasteiger partial charge in [0.2, 0.25) is 5.91 Å². The topological polar surface area (TPSA) is 41.1 Å². The molecule has 1 atom stereocenters. The van der Waals surface area contributed by atoms with E-state index in [1.54, 1.807) is 12.1 Å². The van der Waals surface area contributed by atoms with Crippen LogP contribution in [0.3, 0.4) is 0 Å². The van der Waals surface area contributed by atoms with Crippen LogP contribution in [0.2, 0.25) is 0 Å². The fraction of sp³-hybridized carbons (Fsp3) is 0.188. The monoisotopic (exact) mass is 350 g/mol. The molecule has 5 heteroatoms. The first kappa shape index (κ1) is 15.7. The molecule has 2 aromatic carbocycles. The molecule has 2 aromatic rings. The van der Waals surface area contributed by atoms with Crippen molar-refractivity contribution < 1.29 is 9.18 Å². The highest BCUT2D eigenvalue weighted by molar-refractivity contribution is 9.10. The summed E-state index contributed by atoms with van der Waals surface area (Å²) < 4.78 is 13.8. The van der Waals surface area contributed by atoms with Gasteiger partial charge in [-0.1, -0.05) is 34.1 Å². The average molecular weight is 351 g/mol.